The summed E-state index contributed by atoms with van der Waals surface area (Å²) in [5.41, 5.74) is 2.62. The van der Waals surface area contributed by atoms with Crippen LogP contribution in [0.1, 0.15) is 17.5 Å². The fourth-order valence-electron chi connectivity index (χ4n) is 2.29. The molecule has 1 nitrogen and oxygen atoms in total. The van der Waals surface area contributed by atoms with Gasteiger partial charge in [-0.15, -0.1) is 0 Å². The normalized spacial score (nSPS) is 11.6. The van der Waals surface area contributed by atoms with Gasteiger partial charge < -0.3 is 5.11 Å². The molecule has 0 aliphatic rings. The van der Waals surface area contributed by atoms with Crippen molar-refractivity contribution in [3.05, 3.63) is 71.8 Å². The first-order chi connectivity index (χ1) is 8.27. The minimum absolute atomic E-state index is 0.0251. The van der Waals surface area contributed by atoms with E-state index in [1.807, 2.05) is 12.1 Å². The molecule has 0 aliphatic heterocycles. The highest BCUT2D eigenvalue weighted by Gasteiger charge is 2.27. The molecule has 0 fully saturated rings. The molecule has 0 atom stereocenters. The molecule has 2 heteroatoms. The molecule has 2 rings (SSSR count). The molecule has 2 aromatic carbocycles. The molecular weight excluding hydrogens is 224 g/mol. The lowest BCUT2D eigenvalue weighted by atomic mass is 9.87. The number of rotatable bonds is 4. The van der Waals surface area contributed by atoms with Crippen LogP contribution in [0.15, 0.2) is 60.7 Å². The first-order valence-corrected chi connectivity index (χ1v) is 6.99. The largest absolute Gasteiger partial charge is 0.396 e. The maximum atomic E-state index is 9.35. The van der Waals surface area contributed by atoms with Gasteiger partial charge in [0, 0.05) is 21.9 Å². The summed E-state index contributed by atoms with van der Waals surface area (Å²) >= 11 is 0. The van der Waals surface area contributed by atoms with Crippen LogP contribution in [0.25, 0.3) is 0 Å². The van der Waals surface area contributed by atoms with Crippen molar-refractivity contribution in [3.63, 3.8) is 0 Å². The third-order valence-electron chi connectivity index (χ3n) is 3.43. The van der Waals surface area contributed by atoms with Crippen molar-refractivity contribution >= 4 is 10.2 Å². The number of aliphatic hydroxyl groups is 1. The van der Waals surface area contributed by atoms with E-state index in [2.05, 4.69) is 48.5 Å². The van der Waals surface area contributed by atoms with E-state index < -0.39 is 0 Å². The minimum Gasteiger partial charge on any atom is -0.396 e. The van der Waals surface area contributed by atoms with Crippen LogP contribution in [0, 0.1) is 0 Å². The Morgan fingerprint density at radius 3 is 1.59 bits per heavy atom. The van der Waals surface area contributed by atoms with Gasteiger partial charge in [0.1, 0.15) is 0 Å². The van der Waals surface area contributed by atoms with Crippen molar-refractivity contribution < 1.29 is 5.11 Å². The predicted octanol–water partition coefficient (Wildman–Crippen LogP) is 1.68. The molecule has 0 amide bonds. The number of hydrogen-bond acceptors (Lipinski definition) is 1. The minimum atomic E-state index is 0.0251. The molecule has 0 spiro atoms. The zero-order valence-corrected chi connectivity index (χ0v) is 12.1. The molecule has 0 saturated heterocycles. The van der Waals surface area contributed by atoms with Crippen molar-refractivity contribution in [3.8, 4) is 0 Å². The molecule has 0 saturated carbocycles. The SMILES string of the molecule is OCCC([SiH3])(c1ccccc1)c1ccccc1. The van der Waals surface area contributed by atoms with Gasteiger partial charge in [-0.05, 0) is 17.5 Å². The van der Waals surface area contributed by atoms with Crippen LogP contribution >= 0.6 is 0 Å². The second-order valence-electron chi connectivity index (χ2n) is 4.54. The van der Waals surface area contributed by atoms with Crippen molar-refractivity contribution in [1.29, 1.82) is 0 Å². The molecule has 1 N–H and O–H groups in total. The summed E-state index contributed by atoms with van der Waals surface area (Å²) < 4.78 is 0. The highest BCUT2D eigenvalue weighted by molar-refractivity contribution is 6.18. The van der Waals surface area contributed by atoms with Gasteiger partial charge in [-0.2, -0.15) is 0 Å². The van der Waals surface area contributed by atoms with E-state index >= 15 is 0 Å². The van der Waals surface area contributed by atoms with E-state index in [9.17, 15) is 5.11 Å². The molecule has 88 valence electrons. The molecule has 0 unspecified atom stereocenters. The Bertz CT molecular complexity index is 413. The lowest BCUT2D eigenvalue weighted by Gasteiger charge is -2.30. The van der Waals surface area contributed by atoms with Crippen molar-refractivity contribution in [2.45, 2.75) is 11.5 Å². The van der Waals surface area contributed by atoms with Gasteiger partial charge in [0.05, 0.1) is 0 Å². The summed E-state index contributed by atoms with van der Waals surface area (Å²) in [6.45, 7) is 0.229. The van der Waals surface area contributed by atoms with E-state index in [1.54, 1.807) is 0 Å². The van der Waals surface area contributed by atoms with E-state index in [0.29, 0.717) is 0 Å². The Morgan fingerprint density at radius 1 is 0.824 bits per heavy atom. The third kappa shape index (κ3) is 2.48. The van der Waals surface area contributed by atoms with Gasteiger partial charge in [-0.3, -0.25) is 0 Å². The molecule has 2 aromatic rings. The van der Waals surface area contributed by atoms with E-state index in [0.717, 1.165) is 16.7 Å². The molecule has 0 aromatic heterocycles. The summed E-state index contributed by atoms with van der Waals surface area (Å²) in [5, 5.41) is 9.37. The summed E-state index contributed by atoms with van der Waals surface area (Å²) in [6, 6.07) is 21.0. The lowest BCUT2D eigenvalue weighted by Crippen LogP contribution is -2.29. The molecule has 0 heterocycles. The molecular formula is C15H18OSi. The summed E-state index contributed by atoms with van der Waals surface area (Å²) in [5.74, 6) is 0. The number of aliphatic hydroxyl groups excluding tert-OH is 1. The fraction of sp³-hybridized carbons (Fsp3) is 0.200. The van der Waals surface area contributed by atoms with Gasteiger partial charge >= 0.3 is 0 Å². The van der Waals surface area contributed by atoms with Crippen molar-refractivity contribution in [2.24, 2.45) is 0 Å². The van der Waals surface area contributed by atoms with Gasteiger partial charge in [-0.25, -0.2) is 0 Å². The van der Waals surface area contributed by atoms with Crippen molar-refractivity contribution in [2.75, 3.05) is 6.61 Å². The Kier molecular flexibility index (Phi) is 3.77. The molecule has 17 heavy (non-hydrogen) atoms. The molecule has 0 aliphatic carbocycles. The van der Waals surface area contributed by atoms with Crippen LogP contribution in [-0.4, -0.2) is 22.0 Å². The predicted molar refractivity (Wildman–Crippen MR) is 75.3 cm³/mol. The lowest BCUT2D eigenvalue weighted by molar-refractivity contribution is 0.274. The van der Waals surface area contributed by atoms with E-state index in [4.69, 9.17) is 0 Å². The van der Waals surface area contributed by atoms with Crippen molar-refractivity contribution in [1.82, 2.24) is 0 Å². The maximum Gasteiger partial charge on any atom is 0.0439 e. The van der Waals surface area contributed by atoms with Gasteiger partial charge in [0.2, 0.25) is 0 Å². The third-order valence-corrected chi connectivity index (χ3v) is 5.09. The Balaban J connectivity index is 2.47. The second kappa shape index (κ2) is 5.30. The highest BCUT2D eigenvalue weighted by atomic mass is 28.1. The summed E-state index contributed by atoms with van der Waals surface area (Å²) in [7, 11) is 0.993. The molecule has 0 radical (unpaired) electrons. The van der Waals surface area contributed by atoms with E-state index in [-0.39, 0.29) is 11.6 Å². The first-order valence-electron chi connectivity index (χ1n) is 5.99. The highest BCUT2D eigenvalue weighted by Crippen LogP contribution is 2.31. The average Bonchev–Trinajstić information content (AvgIpc) is 2.41. The summed E-state index contributed by atoms with van der Waals surface area (Å²) in [4.78, 5) is 0. The standard InChI is InChI=1S/C15H18OSi/c16-12-11-15(17,13-7-3-1-4-8-13)14-9-5-2-6-10-14/h1-10,16H,11-12H2,17H3. The Hall–Kier alpha value is -1.38. The van der Waals surface area contributed by atoms with Crippen LogP contribution < -0.4 is 0 Å². The van der Waals surface area contributed by atoms with Gasteiger partial charge in [0.25, 0.3) is 0 Å². The topological polar surface area (TPSA) is 20.2 Å². The smallest absolute Gasteiger partial charge is 0.0439 e. The quantitative estimate of drug-likeness (QED) is 0.809. The zero-order valence-electron chi connectivity index (χ0n) is 10.1. The number of hydrogen-bond donors (Lipinski definition) is 1. The van der Waals surface area contributed by atoms with Gasteiger partial charge in [0.15, 0.2) is 0 Å². The Morgan fingerprint density at radius 2 is 1.24 bits per heavy atom. The second-order valence-corrected chi connectivity index (χ2v) is 6.24. The van der Waals surface area contributed by atoms with Crippen LogP contribution in [0.5, 0.6) is 0 Å². The number of benzene rings is 2. The van der Waals surface area contributed by atoms with Gasteiger partial charge in [-0.1, -0.05) is 60.7 Å². The average molecular weight is 242 g/mol. The first kappa shape index (κ1) is 12.1. The molecule has 0 bridgehead atoms. The maximum absolute atomic E-state index is 9.35. The van der Waals surface area contributed by atoms with E-state index in [1.165, 1.54) is 11.1 Å². The fourth-order valence-corrected chi connectivity index (χ4v) is 3.18. The Labute approximate surface area is 106 Å². The van der Waals surface area contributed by atoms with Crippen LogP contribution in [0.2, 0.25) is 0 Å². The van der Waals surface area contributed by atoms with Crippen LogP contribution in [-0.2, 0) is 5.04 Å². The van der Waals surface area contributed by atoms with Crippen LogP contribution in [0.4, 0.5) is 0 Å². The summed E-state index contributed by atoms with van der Waals surface area (Å²) in [6.07, 6.45) is 0.799. The van der Waals surface area contributed by atoms with Crippen LogP contribution in [0.3, 0.4) is 0 Å². The monoisotopic (exact) mass is 242 g/mol. The zero-order chi connectivity index (χ0) is 12.1.